The molecule has 2 saturated heterocycles. The molecule has 2 aliphatic rings. The van der Waals surface area contributed by atoms with Crippen LogP contribution in [0.5, 0.6) is 0 Å². The highest BCUT2D eigenvalue weighted by molar-refractivity contribution is 4.97. The molecule has 0 amide bonds. The molecule has 0 unspecified atom stereocenters. The fraction of sp³-hybridized carbons (Fsp3) is 1.00. The van der Waals surface area contributed by atoms with Crippen LogP contribution in [-0.2, 0) is 4.74 Å². The van der Waals surface area contributed by atoms with Gasteiger partial charge in [0.25, 0.3) is 0 Å². The van der Waals surface area contributed by atoms with Gasteiger partial charge in [-0.1, -0.05) is 0 Å². The van der Waals surface area contributed by atoms with E-state index in [1.54, 1.807) is 0 Å². The van der Waals surface area contributed by atoms with Crippen LogP contribution in [0.2, 0.25) is 0 Å². The van der Waals surface area contributed by atoms with E-state index in [0.717, 1.165) is 6.61 Å². The van der Waals surface area contributed by atoms with Crippen LogP contribution in [0.25, 0.3) is 0 Å². The van der Waals surface area contributed by atoms with Crippen molar-refractivity contribution < 1.29 is 4.74 Å². The first-order valence-corrected chi connectivity index (χ1v) is 5.39. The molecule has 2 atom stereocenters. The fourth-order valence-electron chi connectivity index (χ4n) is 3.05. The predicted molar refractivity (Wildman–Crippen MR) is 53.8 cm³/mol. The largest absolute Gasteiger partial charge is 0.375 e. The van der Waals surface area contributed by atoms with Crippen molar-refractivity contribution in [1.82, 2.24) is 5.32 Å². The standard InChI is InChI=1S/C11H21NO/c1-9-6-11(4-5-12-9)7-10(2,3)13-8-11/h9,12H,4-8H2,1-3H3/t9-,11-/m1/s1. The van der Waals surface area contributed by atoms with Gasteiger partial charge in [0.15, 0.2) is 0 Å². The lowest BCUT2D eigenvalue weighted by Crippen LogP contribution is -2.43. The van der Waals surface area contributed by atoms with Crippen molar-refractivity contribution in [3.8, 4) is 0 Å². The van der Waals surface area contributed by atoms with E-state index in [-0.39, 0.29) is 5.60 Å². The zero-order valence-corrected chi connectivity index (χ0v) is 9.02. The van der Waals surface area contributed by atoms with Gasteiger partial charge in [-0.3, -0.25) is 0 Å². The summed E-state index contributed by atoms with van der Waals surface area (Å²) >= 11 is 0. The Kier molecular flexibility index (Phi) is 2.16. The monoisotopic (exact) mass is 183 g/mol. The van der Waals surface area contributed by atoms with E-state index in [0.29, 0.717) is 11.5 Å². The Balaban J connectivity index is 2.05. The molecule has 0 aromatic rings. The summed E-state index contributed by atoms with van der Waals surface area (Å²) in [6.07, 6.45) is 3.82. The van der Waals surface area contributed by atoms with Crippen molar-refractivity contribution in [3.63, 3.8) is 0 Å². The second kappa shape index (κ2) is 2.96. The van der Waals surface area contributed by atoms with Crippen LogP contribution in [0.3, 0.4) is 0 Å². The van der Waals surface area contributed by atoms with Gasteiger partial charge >= 0.3 is 0 Å². The van der Waals surface area contributed by atoms with E-state index in [1.807, 2.05) is 0 Å². The molecule has 0 bridgehead atoms. The number of ether oxygens (including phenoxy) is 1. The first-order chi connectivity index (χ1) is 6.02. The zero-order valence-electron chi connectivity index (χ0n) is 9.02. The van der Waals surface area contributed by atoms with Gasteiger partial charge in [-0.15, -0.1) is 0 Å². The normalized spacial score (nSPS) is 44.1. The molecular formula is C11H21NO. The maximum atomic E-state index is 5.85. The van der Waals surface area contributed by atoms with Gasteiger partial charge in [-0.05, 0) is 52.0 Å². The fourth-order valence-corrected chi connectivity index (χ4v) is 3.05. The van der Waals surface area contributed by atoms with Crippen LogP contribution >= 0.6 is 0 Å². The predicted octanol–water partition coefficient (Wildman–Crippen LogP) is 1.94. The van der Waals surface area contributed by atoms with E-state index in [9.17, 15) is 0 Å². The van der Waals surface area contributed by atoms with E-state index in [1.165, 1.54) is 25.8 Å². The summed E-state index contributed by atoms with van der Waals surface area (Å²) < 4.78 is 5.85. The van der Waals surface area contributed by atoms with Crippen molar-refractivity contribution in [2.45, 2.75) is 51.7 Å². The SMILES string of the molecule is C[C@@H]1C[C@@]2(CCN1)COC(C)(C)C2. The first-order valence-electron chi connectivity index (χ1n) is 5.39. The molecule has 0 aliphatic carbocycles. The van der Waals surface area contributed by atoms with E-state index in [4.69, 9.17) is 4.74 Å². The molecule has 0 saturated carbocycles. The molecule has 2 nitrogen and oxygen atoms in total. The number of hydrogen-bond donors (Lipinski definition) is 1. The minimum atomic E-state index is 0.122. The number of rotatable bonds is 0. The Hall–Kier alpha value is -0.0800. The van der Waals surface area contributed by atoms with Crippen LogP contribution in [0, 0.1) is 5.41 Å². The van der Waals surface area contributed by atoms with Gasteiger partial charge in [-0.2, -0.15) is 0 Å². The molecule has 0 aromatic carbocycles. The average Bonchev–Trinajstić information content (AvgIpc) is 2.26. The lowest BCUT2D eigenvalue weighted by Gasteiger charge is -2.36. The Bertz CT molecular complexity index is 202. The van der Waals surface area contributed by atoms with Crippen LogP contribution in [0.15, 0.2) is 0 Å². The van der Waals surface area contributed by atoms with Gasteiger partial charge in [0, 0.05) is 6.04 Å². The van der Waals surface area contributed by atoms with Crippen molar-refractivity contribution in [2.75, 3.05) is 13.2 Å². The maximum absolute atomic E-state index is 5.85. The van der Waals surface area contributed by atoms with Crippen LogP contribution in [0.1, 0.15) is 40.0 Å². The van der Waals surface area contributed by atoms with Crippen LogP contribution in [-0.4, -0.2) is 24.8 Å². The van der Waals surface area contributed by atoms with Crippen molar-refractivity contribution in [1.29, 1.82) is 0 Å². The second-order valence-electron chi connectivity index (χ2n) is 5.53. The molecule has 0 aromatic heterocycles. The molecule has 1 N–H and O–H groups in total. The van der Waals surface area contributed by atoms with E-state index < -0.39 is 0 Å². The molecule has 2 rings (SSSR count). The summed E-state index contributed by atoms with van der Waals surface area (Å²) in [6, 6.07) is 0.672. The second-order valence-corrected chi connectivity index (χ2v) is 5.53. The summed E-state index contributed by atoms with van der Waals surface area (Å²) in [4.78, 5) is 0. The molecule has 2 aliphatic heterocycles. The van der Waals surface area contributed by atoms with Crippen LogP contribution < -0.4 is 5.32 Å². The third-order valence-electron chi connectivity index (χ3n) is 3.46. The Morgan fingerprint density at radius 3 is 2.69 bits per heavy atom. The zero-order chi connectivity index (χ0) is 9.53. The molecule has 1 spiro atoms. The van der Waals surface area contributed by atoms with E-state index >= 15 is 0 Å². The minimum absolute atomic E-state index is 0.122. The highest BCUT2D eigenvalue weighted by atomic mass is 16.5. The van der Waals surface area contributed by atoms with Crippen molar-refractivity contribution in [2.24, 2.45) is 5.41 Å². The molecular weight excluding hydrogens is 162 g/mol. The maximum Gasteiger partial charge on any atom is 0.0633 e. The Morgan fingerprint density at radius 1 is 1.38 bits per heavy atom. The van der Waals surface area contributed by atoms with Gasteiger partial charge in [-0.25, -0.2) is 0 Å². The number of piperidine rings is 1. The smallest absolute Gasteiger partial charge is 0.0633 e. The summed E-state index contributed by atoms with van der Waals surface area (Å²) in [5.74, 6) is 0. The number of hydrogen-bond acceptors (Lipinski definition) is 2. The lowest BCUT2D eigenvalue weighted by molar-refractivity contribution is 0.0279. The molecule has 0 radical (unpaired) electrons. The summed E-state index contributed by atoms with van der Waals surface area (Å²) in [5, 5.41) is 3.50. The topological polar surface area (TPSA) is 21.3 Å². The summed E-state index contributed by atoms with van der Waals surface area (Å²) in [7, 11) is 0. The molecule has 2 heterocycles. The minimum Gasteiger partial charge on any atom is -0.375 e. The van der Waals surface area contributed by atoms with E-state index in [2.05, 4.69) is 26.1 Å². The van der Waals surface area contributed by atoms with Gasteiger partial charge in [0.2, 0.25) is 0 Å². The average molecular weight is 183 g/mol. The highest BCUT2D eigenvalue weighted by Crippen LogP contribution is 2.45. The molecule has 13 heavy (non-hydrogen) atoms. The Morgan fingerprint density at radius 2 is 2.15 bits per heavy atom. The number of nitrogens with one attached hydrogen (secondary N) is 1. The highest BCUT2D eigenvalue weighted by Gasteiger charge is 2.45. The van der Waals surface area contributed by atoms with Crippen molar-refractivity contribution >= 4 is 0 Å². The van der Waals surface area contributed by atoms with Gasteiger partial charge < -0.3 is 10.1 Å². The lowest BCUT2D eigenvalue weighted by atomic mass is 9.73. The third kappa shape index (κ3) is 1.89. The van der Waals surface area contributed by atoms with Crippen molar-refractivity contribution in [3.05, 3.63) is 0 Å². The first kappa shape index (κ1) is 9.47. The third-order valence-corrected chi connectivity index (χ3v) is 3.46. The van der Waals surface area contributed by atoms with Crippen LogP contribution in [0.4, 0.5) is 0 Å². The molecule has 2 fully saturated rings. The molecule has 76 valence electrons. The van der Waals surface area contributed by atoms with Gasteiger partial charge in [0.1, 0.15) is 0 Å². The quantitative estimate of drug-likeness (QED) is 0.619. The summed E-state index contributed by atoms with van der Waals surface area (Å²) in [5.41, 5.74) is 0.616. The Labute approximate surface area is 81.0 Å². The summed E-state index contributed by atoms with van der Waals surface area (Å²) in [6.45, 7) is 8.86. The van der Waals surface area contributed by atoms with Gasteiger partial charge in [0.05, 0.1) is 12.2 Å². The molecule has 2 heteroatoms.